The minimum Gasteiger partial charge on any atom is -0.394 e. The van der Waals surface area contributed by atoms with E-state index in [0.717, 1.165) is 12.8 Å². The molecule has 0 aliphatic carbocycles. The van der Waals surface area contributed by atoms with Crippen LogP contribution in [0.25, 0.3) is 0 Å². The summed E-state index contributed by atoms with van der Waals surface area (Å²) in [7, 11) is -2.88. The van der Waals surface area contributed by atoms with Crippen LogP contribution in [0, 0.1) is 5.92 Å². The van der Waals surface area contributed by atoms with Gasteiger partial charge in [0.05, 0.1) is 24.7 Å². The molecular formula is C11H20O5S. The Kier molecular flexibility index (Phi) is 3.77. The fourth-order valence-electron chi connectivity index (χ4n) is 2.69. The summed E-state index contributed by atoms with van der Waals surface area (Å²) in [5, 5.41) is 8.99. The Morgan fingerprint density at radius 3 is 2.82 bits per heavy atom. The van der Waals surface area contributed by atoms with Crippen molar-refractivity contribution in [2.75, 3.05) is 24.7 Å². The van der Waals surface area contributed by atoms with Crippen molar-refractivity contribution in [1.82, 2.24) is 0 Å². The van der Waals surface area contributed by atoms with Gasteiger partial charge in [0, 0.05) is 6.42 Å². The molecule has 3 unspecified atom stereocenters. The Balaban J connectivity index is 1.92. The maximum Gasteiger partial charge on any atom is 0.166 e. The van der Waals surface area contributed by atoms with E-state index in [9.17, 15) is 8.42 Å². The number of sulfone groups is 1. The first-order valence-corrected chi connectivity index (χ1v) is 7.88. The molecule has 2 saturated heterocycles. The molecule has 0 amide bonds. The van der Waals surface area contributed by atoms with Gasteiger partial charge in [-0.2, -0.15) is 0 Å². The average molecular weight is 264 g/mol. The summed E-state index contributed by atoms with van der Waals surface area (Å²) < 4.78 is 34.2. The molecule has 0 spiro atoms. The van der Waals surface area contributed by atoms with Crippen molar-refractivity contribution >= 4 is 9.84 Å². The highest BCUT2D eigenvalue weighted by molar-refractivity contribution is 7.91. The first-order chi connectivity index (χ1) is 7.92. The lowest BCUT2D eigenvalue weighted by Crippen LogP contribution is -2.35. The Hall–Kier alpha value is -0.170. The highest BCUT2D eigenvalue weighted by Gasteiger charge is 2.40. The van der Waals surface area contributed by atoms with E-state index in [4.69, 9.17) is 14.6 Å². The molecule has 2 fully saturated rings. The number of aliphatic hydroxyl groups is 1. The van der Waals surface area contributed by atoms with Gasteiger partial charge in [0.15, 0.2) is 15.6 Å². The third-order valence-corrected chi connectivity index (χ3v) is 5.30. The van der Waals surface area contributed by atoms with Gasteiger partial charge < -0.3 is 14.6 Å². The zero-order valence-electron chi connectivity index (χ0n) is 10.1. The van der Waals surface area contributed by atoms with Crippen LogP contribution in [0.4, 0.5) is 0 Å². The van der Waals surface area contributed by atoms with E-state index in [1.165, 1.54) is 0 Å². The zero-order valence-corrected chi connectivity index (χ0v) is 10.9. The average Bonchev–Trinajstić information content (AvgIpc) is 2.58. The van der Waals surface area contributed by atoms with Gasteiger partial charge in [-0.1, -0.05) is 0 Å². The van der Waals surface area contributed by atoms with E-state index < -0.39 is 15.6 Å². The highest BCUT2D eigenvalue weighted by Crippen LogP contribution is 2.33. The molecule has 100 valence electrons. The molecule has 5 nitrogen and oxygen atoms in total. The molecule has 3 atom stereocenters. The fraction of sp³-hybridized carbons (Fsp3) is 1.00. The van der Waals surface area contributed by atoms with E-state index in [0.29, 0.717) is 18.8 Å². The molecule has 0 bridgehead atoms. The smallest absolute Gasteiger partial charge is 0.166 e. The lowest BCUT2D eigenvalue weighted by Gasteiger charge is -2.30. The van der Waals surface area contributed by atoms with Crippen molar-refractivity contribution in [3.05, 3.63) is 0 Å². The van der Waals surface area contributed by atoms with Crippen LogP contribution in [-0.2, 0) is 19.3 Å². The third kappa shape index (κ3) is 3.40. The van der Waals surface area contributed by atoms with Crippen LogP contribution in [0.1, 0.15) is 26.2 Å². The van der Waals surface area contributed by atoms with Crippen LogP contribution in [0.3, 0.4) is 0 Å². The van der Waals surface area contributed by atoms with Gasteiger partial charge in [-0.3, -0.25) is 0 Å². The van der Waals surface area contributed by atoms with Gasteiger partial charge in [-0.15, -0.1) is 0 Å². The van der Waals surface area contributed by atoms with Crippen molar-refractivity contribution in [3.63, 3.8) is 0 Å². The van der Waals surface area contributed by atoms with Gasteiger partial charge in [0.25, 0.3) is 0 Å². The van der Waals surface area contributed by atoms with E-state index >= 15 is 0 Å². The van der Waals surface area contributed by atoms with Crippen LogP contribution < -0.4 is 0 Å². The van der Waals surface area contributed by atoms with E-state index in [1.54, 1.807) is 0 Å². The summed E-state index contributed by atoms with van der Waals surface area (Å²) in [5.41, 5.74) is 0. The molecule has 0 saturated carbocycles. The van der Waals surface area contributed by atoms with Crippen molar-refractivity contribution in [2.45, 2.75) is 38.1 Å². The third-order valence-electron chi connectivity index (χ3n) is 3.41. The standard InChI is InChI=1S/C11H20O5S/c1-11(15-7-10(6-12)16-11)5-9-3-2-4-17(13,14)8-9/h9-10,12H,2-8H2,1H3. The van der Waals surface area contributed by atoms with E-state index in [-0.39, 0.29) is 24.4 Å². The number of hydrogen-bond donors (Lipinski definition) is 1. The second-order valence-electron chi connectivity index (χ2n) is 5.19. The second-order valence-corrected chi connectivity index (χ2v) is 7.42. The number of ether oxygens (including phenoxy) is 2. The quantitative estimate of drug-likeness (QED) is 0.795. The topological polar surface area (TPSA) is 72.8 Å². The Morgan fingerprint density at radius 1 is 1.47 bits per heavy atom. The van der Waals surface area contributed by atoms with Crippen molar-refractivity contribution in [2.24, 2.45) is 5.92 Å². The second kappa shape index (κ2) is 4.84. The van der Waals surface area contributed by atoms with Gasteiger partial charge in [0.1, 0.15) is 6.10 Å². The van der Waals surface area contributed by atoms with Crippen LogP contribution in [0.5, 0.6) is 0 Å². The summed E-state index contributed by atoms with van der Waals surface area (Å²) in [4.78, 5) is 0. The van der Waals surface area contributed by atoms with Crippen molar-refractivity contribution < 1.29 is 23.0 Å². The summed E-state index contributed by atoms with van der Waals surface area (Å²) in [5.74, 6) is -0.0817. The predicted molar refractivity (Wildman–Crippen MR) is 62.3 cm³/mol. The van der Waals surface area contributed by atoms with Crippen LogP contribution >= 0.6 is 0 Å². The van der Waals surface area contributed by atoms with E-state index in [1.807, 2.05) is 6.92 Å². The SMILES string of the molecule is CC1(CC2CCCS(=O)(=O)C2)OCC(CO)O1. The lowest BCUT2D eigenvalue weighted by atomic mass is 9.97. The fourth-order valence-corrected chi connectivity index (χ4v) is 4.47. The molecular weight excluding hydrogens is 244 g/mol. The molecule has 0 aromatic heterocycles. The molecule has 17 heavy (non-hydrogen) atoms. The van der Waals surface area contributed by atoms with Crippen LogP contribution in [0.15, 0.2) is 0 Å². The molecule has 6 heteroatoms. The first kappa shape index (κ1) is 13.3. The van der Waals surface area contributed by atoms with Crippen molar-refractivity contribution in [3.8, 4) is 0 Å². The largest absolute Gasteiger partial charge is 0.394 e. The Bertz CT molecular complexity index is 366. The molecule has 0 aromatic rings. The van der Waals surface area contributed by atoms with Gasteiger partial charge >= 0.3 is 0 Å². The number of hydrogen-bond acceptors (Lipinski definition) is 5. The molecule has 0 aromatic carbocycles. The van der Waals surface area contributed by atoms with Crippen LogP contribution in [0.2, 0.25) is 0 Å². The summed E-state index contributed by atoms with van der Waals surface area (Å²) in [6.45, 7) is 2.15. The van der Waals surface area contributed by atoms with Gasteiger partial charge in [0.2, 0.25) is 0 Å². The number of aliphatic hydroxyl groups excluding tert-OH is 1. The maximum absolute atomic E-state index is 11.5. The molecule has 2 rings (SSSR count). The zero-order chi connectivity index (χ0) is 12.5. The van der Waals surface area contributed by atoms with Gasteiger partial charge in [-0.25, -0.2) is 8.42 Å². The van der Waals surface area contributed by atoms with Crippen molar-refractivity contribution in [1.29, 1.82) is 0 Å². The maximum atomic E-state index is 11.5. The van der Waals surface area contributed by atoms with E-state index in [2.05, 4.69) is 0 Å². The molecule has 2 aliphatic heterocycles. The normalized spacial score (nSPS) is 41.5. The van der Waals surface area contributed by atoms with Crippen LogP contribution in [-0.4, -0.2) is 50.1 Å². The molecule has 2 aliphatic rings. The minimum absolute atomic E-state index is 0.0570. The highest BCUT2D eigenvalue weighted by atomic mass is 32.2. The summed E-state index contributed by atoms with van der Waals surface area (Å²) in [6.07, 6.45) is 1.95. The molecule has 1 N–H and O–H groups in total. The minimum atomic E-state index is -2.88. The molecule has 2 heterocycles. The number of rotatable bonds is 3. The van der Waals surface area contributed by atoms with Gasteiger partial charge in [-0.05, 0) is 25.7 Å². The summed E-state index contributed by atoms with van der Waals surface area (Å²) >= 11 is 0. The lowest BCUT2D eigenvalue weighted by molar-refractivity contribution is -0.168. The monoisotopic (exact) mass is 264 g/mol. The Labute approximate surface area is 102 Å². The first-order valence-electron chi connectivity index (χ1n) is 6.05. The Morgan fingerprint density at radius 2 is 2.24 bits per heavy atom. The predicted octanol–water partition coefficient (Wildman–Crippen LogP) is 0.325. The molecule has 0 radical (unpaired) electrons. The summed E-state index contributed by atoms with van der Waals surface area (Å²) in [6, 6.07) is 0.